The first-order valence-corrected chi connectivity index (χ1v) is 6.00. The molecule has 0 amide bonds. The summed E-state index contributed by atoms with van der Waals surface area (Å²) in [6.45, 7) is 3.41. The van der Waals surface area contributed by atoms with Crippen LogP contribution in [0.1, 0.15) is 32.6 Å². The number of aromatic amines is 1. The summed E-state index contributed by atoms with van der Waals surface area (Å²) in [5.41, 5.74) is 0. The molecule has 0 bridgehead atoms. The van der Waals surface area contributed by atoms with Crippen molar-refractivity contribution >= 4 is 12.4 Å². The standard InChI is InChI=1S/C10H19N2.CH2N4.2ClH/c1-3-4-5-6-7-12-9-8-11(2)10-12;1-2-4-5-3-1;;/h8-10H,3-7H2,1-2H3;1H,(H,2,3,4,5);2*1H/q+1;;;/p-1. The topological polar surface area (TPSA) is 63.3 Å². The van der Waals surface area contributed by atoms with Gasteiger partial charge in [-0.1, -0.05) is 25.0 Å². The average Bonchev–Trinajstić information content (AvgIpc) is 2.99. The van der Waals surface area contributed by atoms with Crippen LogP contribution in [-0.2, 0) is 13.6 Å². The molecule has 19 heavy (non-hydrogen) atoms. The summed E-state index contributed by atoms with van der Waals surface area (Å²) in [7, 11) is 2.06. The van der Waals surface area contributed by atoms with Crippen LogP contribution >= 0.6 is 12.4 Å². The largest absolute Gasteiger partial charge is 1.00 e. The Hall–Kier alpha value is -1.14. The van der Waals surface area contributed by atoms with E-state index in [1.807, 2.05) is 0 Å². The Labute approximate surface area is 126 Å². The zero-order chi connectivity index (χ0) is 12.3. The van der Waals surface area contributed by atoms with Crippen molar-refractivity contribution in [3.63, 3.8) is 0 Å². The molecule has 0 aromatic carbocycles. The Bertz CT molecular complexity index is 359. The van der Waals surface area contributed by atoms with Crippen molar-refractivity contribution in [2.75, 3.05) is 0 Å². The van der Waals surface area contributed by atoms with Crippen LogP contribution in [0.2, 0.25) is 0 Å². The number of rotatable bonds is 5. The average molecular weight is 309 g/mol. The Kier molecular flexibility index (Phi) is 14.1. The minimum Gasteiger partial charge on any atom is -1.00 e. The highest BCUT2D eigenvalue weighted by Gasteiger charge is 1.97. The summed E-state index contributed by atoms with van der Waals surface area (Å²) in [5.74, 6) is 0. The number of unbranched alkanes of at least 4 members (excludes halogenated alkanes) is 3. The van der Waals surface area contributed by atoms with Crippen molar-refractivity contribution in [3.8, 4) is 0 Å². The lowest BCUT2D eigenvalue weighted by atomic mass is 10.2. The Morgan fingerprint density at radius 3 is 2.47 bits per heavy atom. The molecule has 0 spiro atoms. The van der Waals surface area contributed by atoms with Crippen molar-refractivity contribution in [3.05, 3.63) is 25.0 Å². The normalized spacial score (nSPS) is 8.74. The van der Waals surface area contributed by atoms with Gasteiger partial charge < -0.3 is 12.4 Å². The molecule has 0 fully saturated rings. The van der Waals surface area contributed by atoms with E-state index in [1.165, 1.54) is 38.6 Å². The molecule has 0 aliphatic carbocycles. The quantitative estimate of drug-likeness (QED) is 0.541. The molecule has 0 aliphatic heterocycles. The smallest absolute Gasteiger partial charge is 0.243 e. The number of nitrogens with one attached hydrogen (secondary N) is 1. The van der Waals surface area contributed by atoms with Crippen LogP contribution in [-0.4, -0.2) is 25.2 Å². The summed E-state index contributed by atoms with van der Waals surface area (Å²) in [6.07, 6.45) is 13.0. The van der Waals surface area contributed by atoms with E-state index < -0.39 is 0 Å². The van der Waals surface area contributed by atoms with E-state index in [1.54, 1.807) is 0 Å². The maximum absolute atomic E-state index is 3.38. The number of hydrogen-bond acceptors (Lipinski definition) is 3. The number of aryl methyl sites for hydroxylation is 2. The van der Waals surface area contributed by atoms with Crippen LogP contribution in [0.25, 0.3) is 0 Å². The number of halogens is 2. The highest BCUT2D eigenvalue weighted by atomic mass is 35.5. The highest BCUT2D eigenvalue weighted by Crippen LogP contribution is 2.00. The molecular formula is C11H22Cl2N6. The first-order valence-electron chi connectivity index (χ1n) is 6.00. The fraction of sp³-hybridized carbons (Fsp3) is 0.636. The molecule has 110 valence electrons. The van der Waals surface area contributed by atoms with Gasteiger partial charge in [0.15, 0.2) is 6.33 Å². The first kappa shape index (κ1) is 20.2. The third-order valence-corrected chi connectivity index (χ3v) is 2.36. The second kappa shape index (κ2) is 13.3. The lowest BCUT2D eigenvalue weighted by molar-refractivity contribution is -0.671. The van der Waals surface area contributed by atoms with E-state index in [0.717, 1.165) is 0 Å². The summed E-state index contributed by atoms with van der Waals surface area (Å²) in [5, 5.41) is 12.2. The molecule has 0 atom stereocenters. The lowest BCUT2D eigenvalue weighted by Crippen LogP contribution is -3.00. The van der Waals surface area contributed by atoms with Crippen molar-refractivity contribution < 1.29 is 17.0 Å². The minimum atomic E-state index is 0. The monoisotopic (exact) mass is 308 g/mol. The van der Waals surface area contributed by atoms with Gasteiger partial charge in [-0.2, -0.15) is 5.21 Å². The van der Waals surface area contributed by atoms with Gasteiger partial charge in [-0.3, -0.25) is 0 Å². The fourth-order valence-corrected chi connectivity index (χ4v) is 1.48. The summed E-state index contributed by atoms with van der Waals surface area (Å²) < 4.78 is 4.33. The highest BCUT2D eigenvalue weighted by molar-refractivity contribution is 5.85. The van der Waals surface area contributed by atoms with Crippen molar-refractivity contribution in [2.45, 2.75) is 39.2 Å². The van der Waals surface area contributed by atoms with E-state index in [0.29, 0.717) is 0 Å². The number of aromatic nitrogens is 6. The number of nitrogens with zero attached hydrogens (tertiary/aromatic N) is 5. The third kappa shape index (κ3) is 10.5. The Morgan fingerprint density at radius 1 is 1.26 bits per heavy atom. The van der Waals surface area contributed by atoms with Crippen LogP contribution in [0, 0.1) is 0 Å². The van der Waals surface area contributed by atoms with Crippen LogP contribution in [0.15, 0.2) is 25.0 Å². The van der Waals surface area contributed by atoms with Crippen LogP contribution in [0.5, 0.6) is 0 Å². The Morgan fingerprint density at radius 2 is 2.05 bits per heavy atom. The van der Waals surface area contributed by atoms with E-state index in [-0.39, 0.29) is 24.8 Å². The number of imidazole rings is 1. The Balaban J connectivity index is 0. The van der Waals surface area contributed by atoms with Crippen LogP contribution in [0.3, 0.4) is 0 Å². The van der Waals surface area contributed by atoms with E-state index in [9.17, 15) is 0 Å². The molecule has 6 nitrogen and oxygen atoms in total. The summed E-state index contributed by atoms with van der Waals surface area (Å²) in [6, 6.07) is 0. The molecular weight excluding hydrogens is 287 g/mol. The van der Waals surface area contributed by atoms with Crippen molar-refractivity contribution in [1.29, 1.82) is 0 Å². The van der Waals surface area contributed by atoms with Gasteiger partial charge in [-0.15, -0.1) is 22.6 Å². The molecule has 0 saturated heterocycles. The van der Waals surface area contributed by atoms with Crippen LogP contribution < -0.4 is 17.0 Å². The van der Waals surface area contributed by atoms with Gasteiger partial charge in [-0.05, 0) is 12.8 Å². The maximum atomic E-state index is 3.38. The molecule has 2 aromatic heterocycles. The molecule has 1 N–H and O–H groups in total. The number of H-pyrrole nitrogens is 1. The first-order chi connectivity index (χ1) is 8.33. The van der Waals surface area contributed by atoms with E-state index >= 15 is 0 Å². The van der Waals surface area contributed by atoms with E-state index in [2.05, 4.69) is 62.5 Å². The molecule has 2 rings (SSSR count). The van der Waals surface area contributed by atoms with Gasteiger partial charge in [0.05, 0.1) is 13.6 Å². The van der Waals surface area contributed by atoms with Gasteiger partial charge >= 0.3 is 0 Å². The third-order valence-electron chi connectivity index (χ3n) is 2.36. The second-order valence-electron chi connectivity index (χ2n) is 3.94. The second-order valence-corrected chi connectivity index (χ2v) is 3.94. The van der Waals surface area contributed by atoms with Gasteiger partial charge in [-0.25, -0.2) is 9.13 Å². The number of hydrogen-bond donors (Lipinski definition) is 1. The zero-order valence-corrected chi connectivity index (χ0v) is 12.9. The predicted molar refractivity (Wildman–Crippen MR) is 71.2 cm³/mol. The maximum Gasteiger partial charge on any atom is 0.243 e. The van der Waals surface area contributed by atoms with Gasteiger partial charge in [0.25, 0.3) is 0 Å². The molecule has 8 heteroatoms. The molecule has 0 saturated carbocycles. The molecule has 2 heterocycles. The molecule has 0 aliphatic rings. The summed E-state index contributed by atoms with van der Waals surface area (Å²) >= 11 is 0. The van der Waals surface area contributed by atoms with Crippen molar-refractivity contribution in [2.24, 2.45) is 7.05 Å². The summed E-state index contributed by atoms with van der Waals surface area (Å²) in [4.78, 5) is 0. The van der Waals surface area contributed by atoms with Crippen LogP contribution in [0.4, 0.5) is 0 Å². The van der Waals surface area contributed by atoms with E-state index in [4.69, 9.17) is 0 Å². The SMILES string of the molecule is CCCCCCn1cc[n+](C)c1.Cl.[Cl-].c1nn[nH]n1. The van der Waals surface area contributed by atoms with Gasteiger partial charge in [0.2, 0.25) is 6.33 Å². The predicted octanol–water partition coefficient (Wildman–Crippen LogP) is -1.48. The van der Waals surface area contributed by atoms with Gasteiger partial charge in [0, 0.05) is 0 Å². The fourth-order valence-electron chi connectivity index (χ4n) is 1.48. The van der Waals surface area contributed by atoms with Gasteiger partial charge in [0.1, 0.15) is 12.4 Å². The molecule has 0 unspecified atom stereocenters. The molecule has 0 radical (unpaired) electrons. The lowest BCUT2D eigenvalue weighted by Gasteiger charge is -1.95. The molecule has 2 aromatic rings. The zero-order valence-electron chi connectivity index (χ0n) is 11.4. The van der Waals surface area contributed by atoms with Crippen molar-refractivity contribution in [1.82, 2.24) is 25.2 Å². The number of tetrazole rings is 1. The minimum absolute atomic E-state index is 0.